The Hall–Kier alpha value is -0.0900. The lowest BCUT2D eigenvalue weighted by molar-refractivity contribution is -0.148. The molecule has 0 N–H and O–H groups in total. The van der Waals surface area contributed by atoms with Crippen molar-refractivity contribution in [2.45, 2.75) is 116 Å². The Morgan fingerprint density at radius 3 is 2.54 bits per heavy atom. The summed E-state index contributed by atoms with van der Waals surface area (Å²) in [5, 5.41) is 0. The van der Waals surface area contributed by atoms with E-state index in [1.165, 1.54) is 69.3 Å². The van der Waals surface area contributed by atoms with E-state index in [9.17, 15) is 4.79 Å². The van der Waals surface area contributed by atoms with E-state index in [0.29, 0.717) is 10.8 Å². The molecule has 0 radical (unpaired) electrons. The van der Waals surface area contributed by atoms with Crippen molar-refractivity contribution in [2.24, 2.45) is 46.3 Å². The van der Waals surface area contributed by atoms with Gasteiger partial charge in [-0.25, -0.2) is 0 Å². The standard InChI is InChI=1S/C31H50O2S2/c1-20(2)7-6-8-21(3)26-11-12-27-25-10-9-23-19-24(33-22(4)32)13-16-31(23,29-34-17-18-35-29)28(25)14-15-30(26,27)5/h9,20-21,24-29H,6-8,10-19H2,1-5H3. The van der Waals surface area contributed by atoms with E-state index in [4.69, 9.17) is 4.74 Å². The van der Waals surface area contributed by atoms with Gasteiger partial charge in [0, 0.05) is 30.3 Å². The molecule has 0 aromatic carbocycles. The highest BCUT2D eigenvalue weighted by molar-refractivity contribution is 8.20. The maximum Gasteiger partial charge on any atom is 0.302 e. The third-order valence-electron chi connectivity index (χ3n) is 11.2. The molecule has 4 fully saturated rings. The number of rotatable bonds is 7. The minimum atomic E-state index is -0.102. The van der Waals surface area contributed by atoms with Crippen molar-refractivity contribution in [1.82, 2.24) is 0 Å². The van der Waals surface area contributed by atoms with Crippen LogP contribution in [0.15, 0.2) is 11.6 Å². The SMILES string of the molecule is CC(=O)OC1CCC2(C3SCCS3)C(=CCC3C4CCC(C(C)CCCC(C)C)C4(C)CCC32)C1. The smallest absolute Gasteiger partial charge is 0.302 e. The van der Waals surface area contributed by atoms with Gasteiger partial charge in [-0.15, -0.1) is 23.5 Å². The van der Waals surface area contributed by atoms with Gasteiger partial charge in [-0.05, 0) is 85.9 Å². The monoisotopic (exact) mass is 518 g/mol. The highest BCUT2D eigenvalue weighted by atomic mass is 32.2. The van der Waals surface area contributed by atoms with Crippen molar-refractivity contribution in [2.75, 3.05) is 11.5 Å². The van der Waals surface area contributed by atoms with Crippen molar-refractivity contribution in [3.8, 4) is 0 Å². The third kappa shape index (κ3) is 4.79. The molecule has 35 heavy (non-hydrogen) atoms. The molecule has 1 heterocycles. The van der Waals surface area contributed by atoms with Crippen LogP contribution in [0.5, 0.6) is 0 Å². The van der Waals surface area contributed by atoms with Crippen LogP contribution in [0.4, 0.5) is 0 Å². The average Bonchev–Trinajstić information content (AvgIpc) is 3.46. The number of carbonyl (C=O) groups is 1. The molecule has 5 aliphatic rings. The zero-order chi connectivity index (χ0) is 24.8. The lowest BCUT2D eigenvalue weighted by Gasteiger charge is -2.61. The molecule has 0 spiro atoms. The summed E-state index contributed by atoms with van der Waals surface area (Å²) in [5.41, 5.74) is 2.59. The van der Waals surface area contributed by atoms with Gasteiger partial charge in [-0.1, -0.05) is 58.6 Å². The van der Waals surface area contributed by atoms with Gasteiger partial charge in [0.2, 0.25) is 0 Å². The summed E-state index contributed by atoms with van der Waals surface area (Å²) < 4.78 is 6.48. The van der Waals surface area contributed by atoms with E-state index in [2.05, 4.69) is 57.3 Å². The van der Waals surface area contributed by atoms with Crippen LogP contribution in [0.25, 0.3) is 0 Å². The van der Waals surface area contributed by atoms with Crippen LogP contribution in [0, 0.1) is 46.3 Å². The van der Waals surface area contributed by atoms with Crippen LogP contribution in [0.3, 0.4) is 0 Å². The molecule has 4 aliphatic carbocycles. The molecular weight excluding hydrogens is 468 g/mol. The van der Waals surface area contributed by atoms with Crippen LogP contribution in [-0.2, 0) is 9.53 Å². The number of thioether (sulfide) groups is 2. The van der Waals surface area contributed by atoms with E-state index in [1.54, 1.807) is 12.5 Å². The fraction of sp³-hybridized carbons (Fsp3) is 0.903. The maximum atomic E-state index is 11.7. The molecule has 0 aromatic rings. The summed E-state index contributed by atoms with van der Waals surface area (Å²) in [4.78, 5) is 11.7. The first-order chi connectivity index (χ1) is 16.8. The zero-order valence-electron chi connectivity index (χ0n) is 23.0. The predicted molar refractivity (Wildman–Crippen MR) is 152 cm³/mol. The Morgan fingerprint density at radius 2 is 1.83 bits per heavy atom. The second-order valence-electron chi connectivity index (χ2n) is 13.5. The van der Waals surface area contributed by atoms with Crippen molar-refractivity contribution in [3.63, 3.8) is 0 Å². The van der Waals surface area contributed by atoms with E-state index >= 15 is 0 Å². The first kappa shape index (κ1) is 26.5. The van der Waals surface area contributed by atoms with E-state index in [-0.39, 0.29) is 12.1 Å². The van der Waals surface area contributed by atoms with Gasteiger partial charge in [0.15, 0.2) is 0 Å². The molecule has 3 saturated carbocycles. The molecule has 0 aromatic heterocycles. The summed E-state index contributed by atoms with van der Waals surface area (Å²) in [6.45, 7) is 11.6. The van der Waals surface area contributed by atoms with Gasteiger partial charge in [-0.2, -0.15) is 0 Å². The number of ether oxygens (including phenoxy) is 1. The molecule has 1 saturated heterocycles. The fourth-order valence-electron chi connectivity index (χ4n) is 9.79. The van der Waals surface area contributed by atoms with Crippen LogP contribution in [-0.4, -0.2) is 28.2 Å². The molecule has 2 nitrogen and oxygen atoms in total. The van der Waals surface area contributed by atoms with Crippen LogP contribution in [0.1, 0.15) is 105 Å². The molecular formula is C31H50O2S2. The van der Waals surface area contributed by atoms with Gasteiger partial charge >= 0.3 is 5.97 Å². The number of hydrogen-bond donors (Lipinski definition) is 0. The number of carbonyl (C=O) groups excluding carboxylic acids is 1. The molecule has 198 valence electrons. The quantitative estimate of drug-likeness (QED) is 0.248. The molecule has 0 bridgehead atoms. The first-order valence-electron chi connectivity index (χ1n) is 14.9. The Morgan fingerprint density at radius 1 is 1.06 bits per heavy atom. The lowest BCUT2D eigenvalue weighted by Crippen LogP contribution is -2.54. The topological polar surface area (TPSA) is 26.3 Å². The normalized spacial score (nSPS) is 42.2. The highest BCUT2D eigenvalue weighted by Gasteiger charge is 2.62. The molecule has 5 rings (SSSR count). The van der Waals surface area contributed by atoms with E-state index in [0.717, 1.165) is 52.9 Å². The van der Waals surface area contributed by atoms with Gasteiger partial charge in [0.05, 0.1) is 4.58 Å². The van der Waals surface area contributed by atoms with Gasteiger partial charge < -0.3 is 4.74 Å². The Balaban J connectivity index is 1.38. The number of hydrogen-bond acceptors (Lipinski definition) is 4. The summed E-state index contributed by atoms with van der Waals surface area (Å²) in [5.74, 6) is 7.80. The minimum absolute atomic E-state index is 0.102. The van der Waals surface area contributed by atoms with Crippen molar-refractivity contribution in [3.05, 3.63) is 11.6 Å². The van der Waals surface area contributed by atoms with Gasteiger partial charge in [-0.3, -0.25) is 4.79 Å². The zero-order valence-corrected chi connectivity index (χ0v) is 24.7. The second-order valence-corrected chi connectivity index (χ2v) is 16.2. The van der Waals surface area contributed by atoms with Crippen LogP contribution < -0.4 is 0 Å². The Kier molecular flexibility index (Phi) is 8.02. The number of fused-ring (bicyclic) bond motifs is 5. The van der Waals surface area contributed by atoms with E-state index in [1.807, 2.05) is 0 Å². The summed E-state index contributed by atoms with van der Waals surface area (Å²) in [7, 11) is 0. The highest BCUT2D eigenvalue weighted by Crippen LogP contribution is 2.70. The van der Waals surface area contributed by atoms with Crippen molar-refractivity contribution >= 4 is 29.5 Å². The fourth-order valence-corrected chi connectivity index (χ4v) is 13.4. The largest absolute Gasteiger partial charge is 0.462 e. The lowest BCUT2D eigenvalue weighted by atomic mass is 9.46. The van der Waals surface area contributed by atoms with Gasteiger partial charge in [0.1, 0.15) is 6.10 Å². The van der Waals surface area contributed by atoms with Gasteiger partial charge in [0.25, 0.3) is 0 Å². The summed E-state index contributed by atoms with van der Waals surface area (Å²) >= 11 is 4.50. The molecule has 0 amide bonds. The first-order valence-corrected chi connectivity index (χ1v) is 17.0. The summed E-state index contributed by atoms with van der Waals surface area (Å²) in [6.07, 6.45) is 17.4. The molecule has 8 atom stereocenters. The van der Waals surface area contributed by atoms with Crippen molar-refractivity contribution in [1.29, 1.82) is 0 Å². The van der Waals surface area contributed by atoms with Crippen molar-refractivity contribution < 1.29 is 9.53 Å². The minimum Gasteiger partial charge on any atom is -0.462 e. The Bertz CT molecular complexity index is 802. The number of esters is 1. The summed E-state index contributed by atoms with van der Waals surface area (Å²) in [6, 6.07) is 0. The molecule has 4 heteroatoms. The maximum absolute atomic E-state index is 11.7. The predicted octanol–water partition coefficient (Wildman–Crippen LogP) is 8.75. The average molecular weight is 519 g/mol. The van der Waals surface area contributed by atoms with E-state index < -0.39 is 0 Å². The van der Waals surface area contributed by atoms with Crippen LogP contribution >= 0.6 is 23.5 Å². The molecule has 1 aliphatic heterocycles. The second kappa shape index (κ2) is 10.6. The Labute approximate surface area is 223 Å². The number of allylic oxidation sites excluding steroid dienone is 1. The molecule has 8 unspecified atom stereocenters. The third-order valence-corrected chi connectivity index (χ3v) is 14.6. The van der Waals surface area contributed by atoms with Crippen LogP contribution in [0.2, 0.25) is 0 Å².